The number of nitrogens with two attached hydrogens (primary N) is 1. The lowest BCUT2D eigenvalue weighted by Crippen LogP contribution is -2.47. The summed E-state index contributed by atoms with van der Waals surface area (Å²) in [6, 6.07) is -0.0138. The number of carbonyl (C=O) groups is 1. The minimum absolute atomic E-state index is 0.0138. The van der Waals surface area contributed by atoms with Gasteiger partial charge >= 0.3 is 0 Å². The Balaban J connectivity index is 2.57. The molecule has 1 aliphatic rings. The van der Waals surface area contributed by atoms with Crippen molar-refractivity contribution in [2.45, 2.75) is 45.3 Å². The molecule has 0 saturated heterocycles. The Morgan fingerprint density at radius 1 is 1.56 bits per heavy atom. The standard InChI is InChI=1S/C12H24N2O2/c1-8-4-5-11(13)10(6-8)12(16)14(3)7-9(2)15/h8-11,15H,4-7,13H2,1-3H3. The fourth-order valence-corrected chi connectivity index (χ4v) is 2.46. The normalized spacial score (nSPS) is 32.2. The van der Waals surface area contributed by atoms with Crippen LogP contribution in [0.1, 0.15) is 33.1 Å². The van der Waals surface area contributed by atoms with Crippen LogP contribution in [0.4, 0.5) is 0 Å². The van der Waals surface area contributed by atoms with E-state index in [0.29, 0.717) is 12.5 Å². The van der Waals surface area contributed by atoms with Crippen LogP contribution in [-0.4, -0.2) is 41.7 Å². The molecule has 0 radical (unpaired) electrons. The molecule has 16 heavy (non-hydrogen) atoms. The second-order valence-electron chi connectivity index (χ2n) is 5.26. The first kappa shape index (κ1) is 13.5. The lowest BCUT2D eigenvalue weighted by Gasteiger charge is -2.34. The van der Waals surface area contributed by atoms with Crippen molar-refractivity contribution in [2.75, 3.05) is 13.6 Å². The van der Waals surface area contributed by atoms with Crippen molar-refractivity contribution in [3.63, 3.8) is 0 Å². The third kappa shape index (κ3) is 3.46. The Morgan fingerprint density at radius 2 is 2.19 bits per heavy atom. The number of hydrogen-bond donors (Lipinski definition) is 2. The zero-order valence-electron chi connectivity index (χ0n) is 10.5. The van der Waals surface area contributed by atoms with Crippen molar-refractivity contribution in [3.8, 4) is 0 Å². The molecule has 0 aromatic carbocycles. The molecular formula is C12H24N2O2. The zero-order valence-corrected chi connectivity index (χ0v) is 10.5. The number of likely N-dealkylation sites (N-methyl/N-ethyl adjacent to an activating group) is 1. The second kappa shape index (κ2) is 5.64. The summed E-state index contributed by atoms with van der Waals surface area (Å²) in [4.78, 5) is 13.7. The van der Waals surface area contributed by atoms with E-state index in [1.165, 1.54) is 0 Å². The summed E-state index contributed by atoms with van der Waals surface area (Å²) in [6.45, 7) is 4.24. The van der Waals surface area contributed by atoms with Crippen molar-refractivity contribution in [1.29, 1.82) is 0 Å². The maximum Gasteiger partial charge on any atom is 0.227 e. The minimum atomic E-state index is -0.480. The van der Waals surface area contributed by atoms with Gasteiger partial charge < -0.3 is 15.7 Å². The van der Waals surface area contributed by atoms with E-state index in [-0.39, 0.29) is 17.9 Å². The molecule has 4 nitrogen and oxygen atoms in total. The van der Waals surface area contributed by atoms with Gasteiger partial charge in [0, 0.05) is 19.6 Å². The Bertz CT molecular complexity index is 243. The summed E-state index contributed by atoms with van der Waals surface area (Å²) < 4.78 is 0. The zero-order chi connectivity index (χ0) is 12.3. The van der Waals surface area contributed by atoms with Crippen LogP contribution in [0.3, 0.4) is 0 Å². The van der Waals surface area contributed by atoms with Crippen molar-refractivity contribution < 1.29 is 9.90 Å². The summed E-state index contributed by atoms with van der Waals surface area (Å²) >= 11 is 0. The number of hydrogen-bond acceptors (Lipinski definition) is 3. The number of aliphatic hydroxyl groups is 1. The SMILES string of the molecule is CC(O)CN(C)C(=O)C1CC(C)CCC1N. The molecule has 4 atom stereocenters. The fraction of sp³-hybridized carbons (Fsp3) is 0.917. The van der Waals surface area contributed by atoms with Gasteiger partial charge in [-0.2, -0.15) is 0 Å². The highest BCUT2D eigenvalue weighted by Gasteiger charge is 2.33. The van der Waals surface area contributed by atoms with Crippen molar-refractivity contribution in [1.82, 2.24) is 4.90 Å². The summed E-state index contributed by atoms with van der Waals surface area (Å²) in [5.41, 5.74) is 6.00. The van der Waals surface area contributed by atoms with Gasteiger partial charge in [-0.05, 0) is 32.1 Å². The first-order chi connectivity index (χ1) is 7.41. The predicted octanol–water partition coefficient (Wildman–Crippen LogP) is 0.589. The first-order valence-corrected chi connectivity index (χ1v) is 6.10. The molecule has 0 spiro atoms. The predicted molar refractivity (Wildman–Crippen MR) is 63.8 cm³/mol. The van der Waals surface area contributed by atoms with Crippen LogP contribution in [0.25, 0.3) is 0 Å². The number of nitrogens with zero attached hydrogens (tertiary/aromatic N) is 1. The van der Waals surface area contributed by atoms with Gasteiger partial charge in [0.2, 0.25) is 5.91 Å². The molecule has 1 rings (SSSR count). The summed E-state index contributed by atoms with van der Waals surface area (Å²) in [7, 11) is 1.74. The van der Waals surface area contributed by atoms with Gasteiger partial charge in [-0.15, -0.1) is 0 Å². The maximum absolute atomic E-state index is 12.1. The third-order valence-electron chi connectivity index (χ3n) is 3.40. The molecule has 0 bridgehead atoms. The molecule has 1 fully saturated rings. The molecule has 0 aromatic heterocycles. The topological polar surface area (TPSA) is 66.6 Å². The average Bonchev–Trinajstić information content (AvgIpc) is 2.19. The minimum Gasteiger partial charge on any atom is -0.392 e. The molecule has 94 valence electrons. The molecule has 3 N–H and O–H groups in total. The fourth-order valence-electron chi connectivity index (χ4n) is 2.46. The van der Waals surface area contributed by atoms with Gasteiger partial charge in [0.1, 0.15) is 0 Å². The number of rotatable bonds is 3. The average molecular weight is 228 g/mol. The van der Waals surface area contributed by atoms with E-state index in [0.717, 1.165) is 19.3 Å². The molecule has 0 aromatic rings. The Kier molecular flexibility index (Phi) is 4.74. The lowest BCUT2D eigenvalue weighted by atomic mass is 9.78. The highest BCUT2D eigenvalue weighted by molar-refractivity contribution is 5.79. The lowest BCUT2D eigenvalue weighted by molar-refractivity contribution is -0.137. The smallest absolute Gasteiger partial charge is 0.227 e. The highest BCUT2D eigenvalue weighted by Crippen LogP contribution is 2.29. The Labute approximate surface area is 97.8 Å². The molecule has 0 heterocycles. The van der Waals surface area contributed by atoms with Crippen molar-refractivity contribution in [3.05, 3.63) is 0 Å². The van der Waals surface area contributed by atoms with Crippen molar-refractivity contribution >= 4 is 5.91 Å². The Morgan fingerprint density at radius 3 is 2.75 bits per heavy atom. The molecule has 1 saturated carbocycles. The third-order valence-corrected chi connectivity index (χ3v) is 3.40. The number of carbonyl (C=O) groups excluding carboxylic acids is 1. The second-order valence-corrected chi connectivity index (χ2v) is 5.26. The summed E-state index contributed by atoms with van der Waals surface area (Å²) in [6.07, 6.45) is 2.45. The Hall–Kier alpha value is -0.610. The number of amides is 1. The van der Waals surface area contributed by atoms with Crippen LogP contribution >= 0.6 is 0 Å². The quantitative estimate of drug-likeness (QED) is 0.743. The van der Waals surface area contributed by atoms with Crippen LogP contribution in [0.15, 0.2) is 0 Å². The van der Waals surface area contributed by atoms with Gasteiger partial charge in [0.15, 0.2) is 0 Å². The van der Waals surface area contributed by atoms with Gasteiger partial charge in [-0.25, -0.2) is 0 Å². The molecule has 1 amide bonds. The van der Waals surface area contributed by atoms with Crippen LogP contribution in [0.5, 0.6) is 0 Å². The molecular weight excluding hydrogens is 204 g/mol. The molecule has 1 aliphatic carbocycles. The van der Waals surface area contributed by atoms with Gasteiger partial charge in [0.05, 0.1) is 12.0 Å². The van der Waals surface area contributed by atoms with E-state index in [1.807, 2.05) is 0 Å². The largest absolute Gasteiger partial charge is 0.392 e. The van der Waals surface area contributed by atoms with Crippen LogP contribution < -0.4 is 5.73 Å². The first-order valence-electron chi connectivity index (χ1n) is 6.10. The van der Waals surface area contributed by atoms with Gasteiger partial charge in [-0.3, -0.25) is 4.79 Å². The molecule has 4 unspecified atom stereocenters. The van der Waals surface area contributed by atoms with Crippen molar-refractivity contribution in [2.24, 2.45) is 17.6 Å². The van der Waals surface area contributed by atoms with Gasteiger partial charge in [0.25, 0.3) is 0 Å². The number of aliphatic hydroxyl groups excluding tert-OH is 1. The van der Waals surface area contributed by atoms with Crippen LogP contribution in [0, 0.1) is 11.8 Å². The summed E-state index contributed by atoms with van der Waals surface area (Å²) in [5, 5.41) is 9.26. The summed E-state index contributed by atoms with van der Waals surface area (Å²) in [5.74, 6) is 0.598. The van der Waals surface area contributed by atoms with E-state index >= 15 is 0 Å². The maximum atomic E-state index is 12.1. The van der Waals surface area contributed by atoms with E-state index in [4.69, 9.17) is 5.73 Å². The van der Waals surface area contributed by atoms with E-state index in [2.05, 4.69) is 6.92 Å². The van der Waals surface area contributed by atoms with Crippen LogP contribution in [0.2, 0.25) is 0 Å². The molecule has 4 heteroatoms. The van der Waals surface area contributed by atoms with E-state index < -0.39 is 6.10 Å². The van der Waals surface area contributed by atoms with E-state index in [9.17, 15) is 9.90 Å². The van der Waals surface area contributed by atoms with Crippen LogP contribution in [-0.2, 0) is 4.79 Å². The van der Waals surface area contributed by atoms with Gasteiger partial charge in [-0.1, -0.05) is 6.92 Å². The van der Waals surface area contributed by atoms with E-state index in [1.54, 1.807) is 18.9 Å². The highest BCUT2D eigenvalue weighted by atomic mass is 16.3. The molecule has 0 aliphatic heterocycles. The monoisotopic (exact) mass is 228 g/mol.